The molecule has 3 fully saturated rings. The molecule has 0 aromatic carbocycles. The van der Waals surface area contributed by atoms with Gasteiger partial charge in [-0.25, -0.2) is 0 Å². The SMILES string of the molecule is C1CCOC1.[CH2-][Si](C)(C)C.[CH]1[CH][CH][CH][CH]1.[CH]1[CH][CH][CH][CH]1.[Er]. The normalized spacial score (nSPS) is 20.0. The van der Waals surface area contributed by atoms with Gasteiger partial charge in [0.15, 0.2) is 0 Å². The largest absolute Gasteiger partial charge is 0.381 e. The fourth-order valence-electron chi connectivity index (χ4n) is 1.15. The first-order valence-electron chi connectivity index (χ1n) is 7.26. The summed E-state index contributed by atoms with van der Waals surface area (Å²) in [4.78, 5) is 0. The minimum absolute atomic E-state index is 0. The summed E-state index contributed by atoms with van der Waals surface area (Å²) in [6, 6.07) is 0. The third kappa shape index (κ3) is 30.0. The van der Waals surface area contributed by atoms with Gasteiger partial charge >= 0.3 is 0 Å². The Kier molecular flexibility index (Phi) is 20.9. The van der Waals surface area contributed by atoms with Crippen LogP contribution in [0.4, 0.5) is 0 Å². The zero-order chi connectivity index (χ0) is 15.1. The summed E-state index contributed by atoms with van der Waals surface area (Å²) in [5.41, 5.74) is 0. The Labute approximate surface area is 165 Å². The molecule has 1 saturated heterocycles. The maximum absolute atomic E-state index is 4.94. The van der Waals surface area contributed by atoms with Crippen molar-refractivity contribution in [2.75, 3.05) is 13.2 Å². The molecule has 3 heteroatoms. The van der Waals surface area contributed by atoms with E-state index < -0.39 is 8.07 Å². The first-order chi connectivity index (χ1) is 9.50. The molecule has 10 radical (unpaired) electrons. The summed E-state index contributed by atoms with van der Waals surface area (Å²) >= 11 is 0. The van der Waals surface area contributed by atoms with E-state index >= 15 is 0 Å². The van der Waals surface area contributed by atoms with Crippen LogP contribution >= 0.6 is 0 Å². The molecule has 21 heavy (non-hydrogen) atoms. The minimum Gasteiger partial charge on any atom is -0.381 e. The van der Waals surface area contributed by atoms with E-state index in [1.54, 1.807) is 0 Å². The number of hydrogen-bond donors (Lipinski definition) is 0. The van der Waals surface area contributed by atoms with Gasteiger partial charge in [0, 0.05) is 50.5 Å². The Bertz CT molecular complexity index is 128. The zero-order valence-corrected chi connectivity index (χ0v) is 16.4. The fourth-order valence-corrected chi connectivity index (χ4v) is 1.15. The molecule has 2 aliphatic carbocycles. The molecule has 0 unspecified atom stereocenters. The van der Waals surface area contributed by atoms with Crippen LogP contribution in [0.15, 0.2) is 0 Å². The van der Waals surface area contributed by atoms with E-state index in [9.17, 15) is 0 Å². The monoisotopic (exact) mass is 455 g/mol. The molecule has 2 saturated carbocycles. The van der Waals surface area contributed by atoms with Crippen molar-refractivity contribution in [3.05, 3.63) is 70.8 Å². The van der Waals surface area contributed by atoms with Gasteiger partial charge in [-0.15, -0.1) is 8.07 Å². The maximum atomic E-state index is 4.94. The Balaban J connectivity index is 0. The van der Waals surface area contributed by atoms with Crippen molar-refractivity contribution < 1.29 is 42.0 Å². The van der Waals surface area contributed by atoms with Crippen LogP contribution in [0, 0.1) is 108 Å². The van der Waals surface area contributed by atoms with Crippen LogP contribution in [0.1, 0.15) is 12.8 Å². The molecule has 3 aliphatic rings. The van der Waals surface area contributed by atoms with Crippen molar-refractivity contribution >= 4 is 8.07 Å². The zero-order valence-electron chi connectivity index (χ0n) is 13.5. The molecule has 0 N–H and O–H groups in total. The first kappa shape index (κ1) is 24.7. The average Bonchev–Trinajstić information content (AvgIpc) is 3.17. The second-order valence-corrected chi connectivity index (χ2v) is 10.9. The van der Waals surface area contributed by atoms with Crippen molar-refractivity contribution in [2.24, 2.45) is 0 Å². The van der Waals surface area contributed by atoms with E-state index in [1.807, 2.05) is 64.2 Å². The molecular weight excluding hydrogens is 428 g/mol. The standard InChI is InChI=1S/2C5H5.C4H8O.C4H11Si.Er/c3*1-2-4-5-3-1;1-5(2,3)4;/h2*1-5H;1-4H2;1H2,2-4H3;/q;;;-1;. The molecule has 0 aromatic heterocycles. The van der Waals surface area contributed by atoms with Crippen molar-refractivity contribution in [3.63, 3.8) is 0 Å². The molecule has 1 aliphatic heterocycles. The summed E-state index contributed by atoms with van der Waals surface area (Å²) < 4.78 is 4.94. The average molecular weight is 457 g/mol. The van der Waals surface area contributed by atoms with E-state index in [0.717, 1.165) is 13.2 Å². The smallest absolute Gasteiger partial charge is 0.0466 e. The quantitative estimate of drug-likeness (QED) is 0.384. The third-order valence-corrected chi connectivity index (χ3v) is 1.94. The van der Waals surface area contributed by atoms with Gasteiger partial charge < -0.3 is 11.3 Å². The van der Waals surface area contributed by atoms with Gasteiger partial charge in [0.05, 0.1) is 0 Å². The molecule has 0 atom stereocenters. The molecule has 1 heterocycles. The third-order valence-electron chi connectivity index (χ3n) is 1.94. The number of hydrogen-bond acceptors (Lipinski definition) is 1. The van der Waals surface area contributed by atoms with Gasteiger partial charge in [0.25, 0.3) is 0 Å². The molecule has 0 aromatic rings. The summed E-state index contributed by atoms with van der Waals surface area (Å²) in [7, 11) is -0.861. The minimum atomic E-state index is -0.861. The predicted molar refractivity (Wildman–Crippen MR) is 91.8 cm³/mol. The van der Waals surface area contributed by atoms with Crippen LogP contribution in [0.3, 0.4) is 0 Å². The van der Waals surface area contributed by atoms with Gasteiger partial charge in [0.1, 0.15) is 0 Å². The van der Waals surface area contributed by atoms with E-state index in [0.29, 0.717) is 0 Å². The first-order valence-corrected chi connectivity index (χ1v) is 11.0. The van der Waals surface area contributed by atoms with E-state index in [4.69, 9.17) is 4.74 Å². The van der Waals surface area contributed by atoms with E-state index in [-0.39, 0.29) is 37.3 Å². The Hall–Kier alpha value is 1.42. The summed E-state index contributed by atoms with van der Waals surface area (Å²) in [6.45, 7) is 12.6. The molecule has 0 amide bonds. The molecule has 3 rings (SSSR count). The molecule has 1 nitrogen and oxygen atoms in total. The van der Waals surface area contributed by atoms with Gasteiger partial charge in [-0.1, -0.05) is 19.6 Å². The Morgan fingerprint density at radius 1 is 0.667 bits per heavy atom. The van der Waals surface area contributed by atoms with Crippen molar-refractivity contribution in [3.8, 4) is 0 Å². The Morgan fingerprint density at radius 3 is 0.952 bits per heavy atom. The number of rotatable bonds is 0. The second kappa shape index (κ2) is 17.8. The van der Waals surface area contributed by atoms with Gasteiger partial charge in [-0.2, -0.15) is 0 Å². The maximum Gasteiger partial charge on any atom is 0.0466 e. The van der Waals surface area contributed by atoms with Gasteiger partial charge in [-0.3, -0.25) is 0 Å². The Morgan fingerprint density at radius 2 is 0.857 bits per heavy atom. The molecule has 0 spiro atoms. The summed E-state index contributed by atoms with van der Waals surface area (Å²) in [5.74, 6) is 0. The summed E-state index contributed by atoms with van der Waals surface area (Å²) in [5, 5.41) is 0. The molecule has 0 bridgehead atoms. The van der Waals surface area contributed by atoms with Crippen LogP contribution in [0.25, 0.3) is 0 Å². The van der Waals surface area contributed by atoms with Gasteiger partial charge in [-0.05, 0) is 77.0 Å². The van der Waals surface area contributed by atoms with Gasteiger partial charge in [0.2, 0.25) is 0 Å². The summed E-state index contributed by atoms with van der Waals surface area (Å²) in [6.07, 6.45) is 22.6. The van der Waals surface area contributed by atoms with Crippen molar-refractivity contribution in [1.82, 2.24) is 0 Å². The molecule has 124 valence electrons. The van der Waals surface area contributed by atoms with E-state index in [2.05, 4.69) is 26.2 Å². The van der Waals surface area contributed by atoms with Crippen LogP contribution in [0.2, 0.25) is 19.6 Å². The second-order valence-electron chi connectivity index (χ2n) is 5.80. The van der Waals surface area contributed by atoms with Crippen LogP contribution in [-0.2, 0) is 4.74 Å². The van der Waals surface area contributed by atoms with Crippen molar-refractivity contribution in [2.45, 2.75) is 32.5 Å². The predicted octanol–water partition coefficient (Wildman–Crippen LogP) is 4.54. The van der Waals surface area contributed by atoms with Crippen LogP contribution < -0.4 is 0 Å². The fraction of sp³-hybridized carbons (Fsp3) is 0.389. The van der Waals surface area contributed by atoms with Crippen LogP contribution in [0.5, 0.6) is 0 Å². The van der Waals surface area contributed by atoms with Crippen molar-refractivity contribution in [1.29, 1.82) is 0 Å². The topological polar surface area (TPSA) is 9.23 Å². The molecular formula is C18H29ErOSi-. The van der Waals surface area contributed by atoms with E-state index in [1.165, 1.54) is 12.8 Å². The number of ether oxygens (including phenoxy) is 1. The van der Waals surface area contributed by atoms with Crippen LogP contribution in [-0.4, -0.2) is 21.3 Å².